The van der Waals surface area contributed by atoms with E-state index in [9.17, 15) is 0 Å². The molecule has 0 spiro atoms. The summed E-state index contributed by atoms with van der Waals surface area (Å²) in [5, 5.41) is 8.82. The number of benzene rings is 2. The Labute approximate surface area is 179 Å². The molecule has 156 valence electrons. The van der Waals surface area contributed by atoms with E-state index < -0.39 is 0 Å². The van der Waals surface area contributed by atoms with Gasteiger partial charge in [-0.1, -0.05) is 24.3 Å². The molecule has 0 fully saturated rings. The summed E-state index contributed by atoms with van der Waals surface area (Å²) in [6, 6.07) is 16.2. The zero-order chi connectivity index (χ0) is 21.0. The largest absolute Gasteiger partial charge is 0.491 e. The van der Waals surface area contributed by atoms with Crippen LogP contribution >= 0.6 is 0 Å². The maximum absolute atomic E-state index is 5.61. The lowest BCUT2D eigenvalue weighted by Crippen LogP contribution is -2.05. The van der Waals surface area contributed by atoms with Crippen LogP contribution in [-0.4, -0.2) is 52.3 Å². The molecule has 4 aromatic rings. The van der Waals surface area contributed by atoms with E-state index in [1.165, 1.54) is 0 Å². The molecule has 0 amide bonds. The van der Waals surface area contributed by atoms with Crippen molar-refractivity contribution in [3.05, 3.63) is 72.2 Å². The summed E-state index contributed by atoms with van der Waals surface area (Å²) in [5.41, 5.74) is 5.09. The highest BCUT2D eigenvalue weighted by Crippen LogP contribution is 2.23. The number of methoxy groups -OCH3 is 1. The minimum atomic E-state index is 0.536. The third kappa shape index (κ3) is 4.24. The molecule has 8 heteroatoms. The number of nitrogens with one attached hydrogen (secondary N) is 1. The van der Waals surface area contributed by atoms with Crippen molar-refractivity contribution in [2.24, 2.45) is 4.99 Å². The van der Waals surface area contributed by atoms with Crippen LogP contribution in [0.2, 0.25) is 0 Å². The van der Waals surface area contributed by atoms with Gasteiger partial charge in [0.1, 0.15) is 24.5 Å². The number of ether oxygens (including phenoxy) is 2. The first-order chi connectivity index (χ1) is 15.3. The summed E-state index contributed by atoms with van der Waals surface area (Å²) < 4.78 is 12.4. The van der Waals surface area contributed by atoms with E-state index >= 15 is 0 Å². The van der Waals surface area contributed by atoms with Crippen LogP contribution in [0.5, 0.6) is 5.75 Å². The van der Waals surface area contributed by atoms with Crippen LogP contribution in [0.1, 0.15) is 11.1 Å². The van der Waals surface area contributed by atoms with Crippen molar-refractivity contribution in [2.75, 3.05) is 32.2 Å². The van der Waals surface area contributed by atoms with E-state index in [2.05, 4.69) is 37.5 Å². The van der Waals surface area contributed by atoms with Crippen molar-refractivity contribution < 1.29 is 9.47 Å². The summed E-state index contributed by atoms with van der Waals surface area (Å²) >= 11 is 0. The Morgan fingerprint density at radius 3 is 2.74 bits per heavy atom. The second kappa shape index (κ2) is 8.53. The van der Waals surface area contributed by atoms with Crippen LogP contribution in [-0.2, 0) is 11.3 Å². The maximum atomic E-state index is 5.61. The summed E-state index contributed by atoms with van der Waals surface area (Å²) in [7, 11) is 1.66. The number of fused-ring (bicyclic) bond motifs is 1. The maximum Gasteiger partial charge on any atom is 0.168 e. The van der Waals surface area contributed by atoms with Crippen LogP contribution < -0.4 is 10.1 Å². The van der Waals surface area contributed by atoms with Gasteiger partial charge < -0.3 is 14.8 Å². The van der Waals surface area contributed by atoms with Crippen molar-refractivity contribution >= 4 is 22.6 Å². The van der Waals surface area contributed by atoms with Crippen molar-refractivity contribution in [2.45, 2.75) is 6.54 Å². The van der Waals surface area contributed by atoms with Gasteiger partial charge in [-0.2, -0.15) is 5.10 Å². The highest BCUT2D eigenvalue weighted by Gasteiger charge is 2.15. The Morgan fingerprint density at radius 1 is 1.06 bits per heavy atom. The first-order valence-corrected chi connectivity index (χ1v) is 10.1. The fourth-order valence-electron chi connectivity index (χ4n) is 3.35. The van der Waals surface area contributed by atoms with E-state index in [-0.39, 0.29) is 0 Å². The molecular weight excluding hydrogens is 392 g/mol. The molecular formula is C23H22N6O2. The zero-order valence-corrected chi connectivity index (χ0v) is 17.2. The second-order valence-corrected chi connectivity index (χ2v) is 7.17. The molecule has 1 N–H and O–H groups in total. The van der Waals surface area contributed by atoms with Gasteiger partial charge in [-0.15, -0.1) is 0 Å². The minimum absolute atomic E-state index is 0.536. The average molecular weight is 414 g/mol. The lowest BCUT2D eigenvalue weighted by Gasteiger charge is -2.09. The molecule has 0 unspecified atom stereocenters. The Bertz CT molecular complexity index is 1230. The number of nitrogens with zero attached hydrogens (tertiary/aromatic N) is 5. The number of hydrogen-bond donors (Lipinski definition) is 1. The molecule has 0 radical (unpaired) electrons. The topological polar surface area (TPSA) is 86.5 Å². The summed E-state index contributed by atoms with van der Waals surface area (Å²) in [6.07, 6.45) is 3.36. The predicted molar refractivity (Wildman–Crippen MR) is 119 cm³/mol. The van der Waals surface area contributed by atoms with Gasteiger partial charge in [0.2, 0.25) is 0 Å². The van der Waals surface area contributed by atoms with Crippen LogP contribution in [0.15, 0.2) is 66.0 Å². The second-order valence-electron chi connectivity index (χ2n) is 7.17. The minimum Gasteiger partial charge on any atom is -0.491 e. The molecule has 1 aliphatic rings. The molecule has 0 saturated carbocycles. The van der Waals surface area contributed by atoms with E-state index in [0.29, 0.717) is 19.8 Å². The quantitative estimate of drug-likeness (QED) is 0.423. The average Bonchev–Trinajstić information content (AvgIpc) is 3.57. The zero-order valence-electron chi connectivity index (χ0n) is 17.2. The van der Waals surface area contributed by atoms with E-state index in [0.717, 1.165) is 51.7 Å². The standard InChI is InChI=1S/C23H22N6O2/c1-30-9-10-31-19-7-5-16(6-8-19)12-25-22-20-13-28-29(23(20)27-15-26-22)18-4-2-3-17(11-18)21-14-24-21/h2-8,11,13,15H,9-10,12,14H2,1H3,(H,25,26,27). The van der Waals surface area contributed by atoms with Gasteiger partial charge in [-0.25, -0.2) is 14.6 Å². The summed E-state index contributed by atoms with van der Waals surface area (Å²) in [4.78, 5) is 13.2. The third-order valence-electron chi connectivity index (χ3n) is 5.05. The molecule has 2 aromatic carbocycles. The number of rotatable bonds is 9. The van der Waals surface area contributed by atoms with Crippen molar-refractivity contribution in [3.63, 3.8) is 0 Å². The SMILES string of the molecule is COCCOc1ccc(CNc2ncnc3c2cnn3-c2cccc(C3=NC3)c2)cc1. The van der Waals surface area contributed by atoms with Gasteiger partial charge in [0.25, 0.3) is 0 Å². The normalized spacial score (nSPS) is 12.6. The van der Waals surface area contributed by atoms with E-state index in [4.69, 9.17) is 9.47 Å². The molecule has 0 aliphatic carbocycles. The molecule has 2 aromatic heterocycles. The number of anilines is 1. The van der Waals surface area contributed by atoms with Crippen LogP contribution in [0.3, 0.4) is 0 Å². The van der Waals surface area contributed by atoms with Crippen molar-refractivity contribution in [3.8, 4) is 11.4 Å². The highest BCUT2D eigenvalue weighted by molar-refractivity contribution is 6.10. The van der Waals surface area contributed by atoms with Gasteiger partial charge in [-0.3, -0.25) is 4.99 Å². The Balaban J connectivity index is 1.32. The molecule has 0 bridgehead atoms. The van der Waals surface area contributed by atoms with Crippen LogP contribution in [0.25, 0.3) is 16.7 Å². The highest BCUT2D eigenvalue weighted by atomic mass is 16.5. The number of hydrogen-bond acceptors (Lipinski definition) is 7. The Hall–Kier alpha value is -3.78. The van der Waals surface area contributed by atoms with Gasteiger partial charge in [0.05, 0.1) is 36.1 Å². The van der Waals surface area contributed by atoms with Gasteiger partial charge in [0.15, 0.2) is 5.65 Å². The Morgan fingerprint density at radius 2 is 1.94 bits per heavy atom. The molecule has 8 nitrogen and oxygen atoms in total. The molecule has 3 heterocycles. The fourth-order valence-corrected chi connectivity index (χ4v) is 3.35. The third-order valence-corrected chi connectivity index (χ3v) is 5.05. The van der Waals surface area contributed by atoms with Gasteiger partial charge >= 0.3 is 0 Å². The molecule has 31 heavy (non-hydrogen) atoms. The molecule has 1 aliphatic heterocycles. The lowest BCUT2D eigenvalue weighted by molar-refractivity contribution is 0.146. The Kier molecular flexibility index (Phi) is 5.28. The number of aliphatic imine (C=N–C) groups is 1. The molecule has 0 saturated heterocycles. The van der Waals surface area contributed by atoms with Crippen LogP contribution in [0, 0.1) is 0 Å². The monoisotopic (exact) mass is 414 g/mol. The fraction of sp³-hybridized carbons (Fsp3) is 0.217. The first kappa shape index (κ1) is 19.2. The van der Waals surface area contributed by atoms with Crippen molar-refractivity contribution in [1.82, 2.24) is 19.7 Å². The predicted octanol–water partition coefficient (Wildman–Crippen LogP) is 3.26. The van der Waals surface area contributed by atoms with Gasteiger partial charge in [-0.05, 0) is 35.4 Å². The number of aromatic nitrogens is 4. The summed E-state index contributed by atoms with van der Waals surface area (Å²) in [6.45, 7) is 2.55. The van der Waals surface area contributed by atoms with Crippen molar-refractivity contribution in [1.29, 1.82) is 0 Å². The molecule has 5 rings (SSSR count). The van der Waals surface area contributed by atoms with E-state index in [1.807, 2.05) is 41.1 Å². The van der Waals surface area contributed by atoms with E-state index in [1.54, 1.807) is 19.6 Å². The molecule has 0 atom stereocenters. The summed E-state index contributed by atoms with van der Waals surface area (Å²) in [5.74, 6) is 1.57. The smallest absolute Gasteiger partial charge is 0.168 e. The van der Waals surface area contributed by atoms with Gasteiger partial charge in [0, 0.05) is 13.7 Å². The lowest BCUT2D eigenvalue weighted by atomic mass is 10.1. The first-order valence-electron chi connectivity index (χ1n) is 10.1. The van der Waals surface area contributed by atoms with Crippen LogP contribution in [0.4, 0.5) is 5.82 Å².